The number of benzene rings is 1. The van der Waals surface area contributed by atoms with E-state index in [1.165, 1.54) is 31.2 Å². The quantitative estimate of drug-likeness (QED) is 0.134. The van der Waals surface area contributed by atoms with E-state index in [0.717, 1.165) is 12.3 Å². The van der Waals surface area contributed by atoms with E-state index in [4.69, 9.17) is 18.9 Å². The molecule has 13 heteroatoms. The van der Waals surface area contributed by atoms with Gasteiger partial charge in [-0.1, -0.05) is 6.07 Å². The second-order valence-electron chi connectivity index (χ2n) is 9.77. The fraction of sp³-hybridized carbons (Fsp3) is 0.520. The topological polar surface area (TPSA) is 213 Å². The van der Waals surface area contributed by atoms with Crippen molar-refractivity contribution < 1.29 is 64.3 Å². The van der Waals surface area contributed by atoms with Gasteiger partial charge in [-0.05, 0) is 43.5 Å². The second-order valence-corrected chi connectivity index (χ2v) is 9.77. The molecule has 1 aromatic rings. The molecule has 208 valence electrons. The van der Waals surface area contributed by atoms with Crippen molar-refractivity contribution in [1.29, 1.82) is 0 Å². The molecule has 2 aliphatic heterocycles. The van der Waals surface area contributed by atoms with Crippen LogP contribution >= 0.6 is 0 Å². The summed E-state index contributed by atoms with van der Waals surface area (Å²) < 4.78 is 21.8. The lowest BCUT2D eigenvalue weighted by molar-refractivity contribution is -0.346. The van der Waals surface area contributed by atoms with Crippen LogP contribution in [0.15, 0.2) is 36.1 Å². The number of hydrogen-bond acceptors (Lipinski definition) is 12. The van der Waals surface area contributed by atoms with Crippen LogP contribution in [0.5, 0.6) is 11.5 Å². The molecular formula is C25H30O13. The van der Waals surface area contributed by atoms with Gasteiger partial charge in [0.2, 0.25) is 6.29 Å². The highest BCUT2D eigenvalue weighted by atomic mass is 16.8. The number of carboxylic acids is 1. The summed E-state index contributed by atoms with van der Waals surface area (Å²) in [6, 6.07) is 3.91. The SMILES string of the molecule is C[C@]1(O)CC[C@@H]2C(C(=O)O)=CO[C@@H](O[C@@H]3O[C@H](COC(=O)/C=C/c4ccc(O)c(O)c4)[C@@H](O)[C@H](O)[C@H]3O)C21. The van der Waals surface area contributed by atoms with Gasteiger partial charge in [-0.25, -0.2) is 9.59 Å². The zero-order valence-electron chi connectivity index (χ0n) is 20.3. The number of carbonyl (C=O) groups excluding carboxylic acids is 1. The Morgan fingerprint density at radius 3 is 2.53 bits per heavy atom. The van der Waals surface area contributed by atoms with Gasteiger partial charge in [0, 0.05) is 12.0 Å². The van der Waals surface area contributed by atoms with Crippen LogP contribution in [0.2, 0.25) is 0 Å². The van der Waals surface area contributed by atoms with Gasteiger partial charge in [-0.3, -0.25) is 0 Å². The Morgan fingerprint density at radius 1 is 1.11 bits per heavy atom. The molecule has 0 radical (unpaired) electrons. The second kappa shape index (κ2) is 10.9. The fourth-order valence-electron chi connectivity index (χ4n) is 5.02. The molecule has 2 fully saturated rings. The number of aliphatic hydroxyl groups excluding tert-OH is 3. The molecule has 9 atom stereocenters. The van der Waals surface area contributed by atoms with E-state index in [-0.39, 0.29) is 23.5 Å². The number of ether oxygens (including phenoxy) is 4. The van der Waals surface area contributed by atoms with Crippen LogP contribution in [0.1, 0.15) is 25.3 Å². The standard InChI is InChI=1S/C25H30O13/c1-25(34)7-6-12-13(22(32)33)9-36-23(18(12)25)38-24-21(31)20(30)19(29)16(37-24)10-35-17(28)5-3-11-2-4-14(26)15(27)8-11/h2-5,8-9,12,16,18-21,23-24,26-27,29-31,34H,6-7,10H2,1H3,(H,32,33)/b5-3+/t12-,16-,18?,19-,20+,21-,23+,24+,25+/m1/s1. The molecule has 3 aliphatic rings. The van der Waals surface area contributed by atoms with Crippen molar-refractivity contribution in [3.63, 3.8) is 0 Å². The smallest absolute Gasteiger partial charge is 0.334 e. The maximum Gasteiger partial charge on any atom is 0.334 e. The van der Waals surface area contributed by atoms with E-state index in [0.29, 0.717) is 12.0 Å². The first kappa shape index (κ1) is 27.8. The average molecular weight is 539 g/mol. The number of aliphatic carboxylic acids is 1. The van der Waals surface area contributed by atoms with Crippen molar-refractivity contribution in [2.24, 2.45) is 11.8 Å². The number of phenols is 2. The van der Waals surface area contributed by atoms with Crippen LogP contribution in [0.4, 0.5) is 0 Å². The summed E-state index contributed by atoms with van der Waals surface area (Å²) in [5, 5.41) is 70.3. The minimum atomic E-state index is -1.75. The molecule has 0 bridgehead atoms. The van der Waals surface area contributed by atoms with Crippen LogP contribution in [0.25, 0.3) is 6.08 Å². The number of aromatic hydroxyl groups is 2. The zero-order valence-corrected chi connectivity index (χ0v) is 20.3. The maximum absolute atomic E-state index is 12.1. The van der Waals surface area contributed by atoms with E-state index in [1.54, 1.807) is 0 Å². The summed E-state index contributed by atoms with van der Waals surface area (Å²) in [6.45, 7) is 0.987. The zero-order chi connectivity index (χ0) is 27.8. The van der Waals surface area contributed by atoms with Crippen LogP contribution in [0.3, 0.4) is 0 Å². The number of phenolic OH excluding ortho intramolecular Hbond substituents is 2. The molecule has 38 heavy (non-hydrogen) atoms. The Hall–Kier alpha value is -3.20. The van der Waals surface area contributed by atoms with Gasteiger partial charge in [0.15, 0.2) is 17.8 Å². The maximum atomic E-state index is 12.1. The Labute approximate surface area is 216 Å². The lowest BCUT2D eigenvalue weighted by Gasteiger charge is -2.44. The number of carbonyl (C=O) groups is 2. The largest absolute Gasteiger partial charge is 0.504 e. The first-order valence-electron chi connectivity index (χ1n) is 11.9. The Balaban J connectivity index is 1.41. The lowest BCUT2D eigenvalue weighted by atomic mass is 9.81. The van der Waals surface area contributed by atoms with Gasteiger partial charge >= 0.3 is 11.9 Å². The summed E-state index contributed by atoms with van der Waals surface area (Å²) in [7, 11) is 0. The first-order chi connectivity index (χ1) is 17.9. The summed E-state index contributed by atoms with van der Waals surface area (Å²) in [6.07, 6.45) is -5.26. The predicted octanol–water partition coefficient (Wildman–Crippen LogP) is -0.420. The van der Waals surface area contributed by atoms with E-state index in [9.17, 15) is 45.3 Å². The van der Waals surface area contributed by atoms with Crippen LogP contribution < -0.4 is 0 Å². The van der Waals surface area contributed by atoms with Gasteiger partial charge < -0.3 is 54.7 Å². The molecule has 2 heterocycles. The molecule has 0 spiro atoms. The highest BCUT2D eigenvalue weighted by Gasteiger charge is 2.56. The highest BCUT2D eigenvalue weighted by molar-refractivity contribution is 5.87. The summed E-state index contributed by atoms with van der Waals surface area (Å²) in [5.41, 5.74) is -0.974. The Morgan fingerprint density at radius 2 is 1.84 bits per heavy atom. The first-order valence-corrected chi connectivity index (χ1v) is 11.9. The number of rotatable bonds is 7. The van der Waals surface area contributed by atoms with Crippen LogP contribution in [0, 0.1) is 11.8 Å². The van der Waals surface area contributed by atoms with Crippen molar-refractivity contribution in [3.05, 3.63) is 41.7 Å². The minimum absolute atomic E-state index is 0.0199. The van der Waals surface area contributed by atoms with E-state index in [2.05, 4.69) is 0 Å². The van der Waals surface area contributed by atoms with Gasteiger partial charge in [-0.2, -0.15) is 0 Å². The molecule has 7 N–H and O–H groups in total. The molecule has 1 aliphatic carbocycles. The molecular weight excluding hydrogens is 508 g/mol. The van der Waals surface area contributed by atoms with Crippen LogP contribution in [-0.2, 0) is 28.5 Å². The number of carboxylic acid groups (broad SMARTS) is 1. The normalized spacial score (nSPS) is 36.8. The number of aliphatic hydroxyl groups is 4. The number of fused-ring (bicyclic) bond motifs is 1. The van der Waals surface area contributed by atoms with Gasteiger partial charge in [0.05, 0.1) is 23.4 Å². The third-order valence-electron chi connectivity index (χ3n) is 7.12. The summed E-state index contributed by atoms with van der Waals surface area (Å²) in [5.74, 6) is -4.15. The molecule has 1 aromatic carbocycles. The highest BCUT2D eigenvalue weighted by Crippen LogP contribution is 2.49. The van der Waals surface area contributed by atoms with E-state index < -0.39 is 73.0 Å². The van der Waals surface area contributed by atoms with Crippen molar-refractivity contribution in [2.75, 3.05) is 6.61 Å². The third-order valence-corrected chi connectivity index (χ3v) is 7.12. The van der Waals surface area contributed by atoms with Gasteiger partial charge in [-0.15, -0.1) is 0 Å². The van der Waals surface area contributed by atoms with E-state index in [1.807, 2.05) is 0 Å². The molecule has 13 nitrogen and oxygen atoms in total. The molecule has 1 unspecified atom stereocenters. The molecule has 1 saturated heterocycles. The van der Waals surface area contributed by atoms with Gasteiger partial charge in [0.1, 0.15) is 31.0 Å². The average Bonchev–Trinajstić information content (AvgIpc) is 3.19. The number of hydrogen-bond donors (Lipinski definition) is 7. The number of esters is 1. The molecule has 0 amide bonds. The van der Waals surface area contributed by atoms with Crippen molar-refractivity contribution in [3.8, 4) is 11.5 Å². The predicted molar refractivity (Wildman–Crippen MR) is 125 cm³/mol. The van der Waals surface area contributed by atoms with Crippen LogP contribution in [-0.4, -0.2) is 96.9 Å². The summed E-state index contributed by atoms with van der Waals surface area (Å²) in [4.78, 5) is 23.7. The van der Waals surface area contributed by atoms with Gasteiger partial charge in [0.25, 0.3) is 0 Å². The third kappa shape index (κ3) is 5.62. The van der Waals surface area contributed by atoms with Crippen molar-refractivity contribution >= 4 is 18.0 Å². The summed E-state index contributed by atoms with van der Waals surface area (Å²) >= 11 is 0. The fourth-order valence-corrected chi connectivity index (χ4v) is 5.02. The molecule has 0 aromatic heterocycles. The Kier molecular flexibility index (Phi) is 7.97. The van der Waals surface area contributed by atoms with Crippen molar-refractivity contribution in [1.82, 2.24) is 0 Å². The monoisotopic (exact) mass is 538 g/mol. The lowest BCUT2D eigenvalue weighted by Crippen LogP contribution is -2.61. The minimum Gasteiger partial charge on any atom is -0.504 e. The molecule has 1 saturated carbocycles. The van der Waals surface area contributed by atoms with Crippen molar-refractivity contribution in [2.45, 2.75) is 62.4 Å². The Bertz CT molecular complexity index is 1110. The molecule has 4 rings (SSSR count). The van der Waals surface area contributed by atoms with E-state index >= 15 is 0 Å².